The SMILES string of the molecule is Cc1nc(C2CCCN(C(=O)c3ccc(C)n3C)C2)no1. The summed E-state index contributed by atoms with van der Waals surface area (Å²) in [5.41, 5.74) is 1.82. The molecule has 0 bridgehead atoms. The van der Waals surface area contributed by atoms with E-state index in [2.05, 4.69) is 10.1 Å². The molecule has 2 aromatic rings. The van der Waals surface area contributed by atoms with E-state index in [4.69, 9.17) is 4.52 Å². The van der Waals surface area contributed by atoms with Gasteiger partial charge in [0.05, 0.1) is 0 Å². The zero-order valence-electron chi connectivity index (χ0n) is 12.7. The van der Waals surface area contributed by atoms with Gasteiger partial charge in [-0.15, -0.1) is 0 Å². The number of amides is 1. The van der Waals surface area contributed by atoms with E-state index in [1.54, 1.807) is 6.92 Å². The fourth-order valence-electron chi connectivity index (χ4n) is 2.84. The number of hydrogen-bond acceptors (Lipinski definition) is 4. The van der Waals surface area contributed by atoms with Crippen LogP contribution in [0, 0.1) is 13.8 Å². The molecule has 0 radical (unpaired) electrons. The van der Waals surface area contributed by atoms with E-state index >= 15 is 0 Å². The summed E-state index contributed by atoms with van der Waals surface area (Å²) in [6.07, 6.45) is 1.96. The molecule has 0 N–H and O–H groups in total. The number of aryl methyl sites for hydroxylation is 2. The van der Waals surface area contributed by atoms with Gasteiger partial charge in [-0.2, -0.15) is 4.98 Å². The van der Waals surface area contributed by atoms with E-state index in [1.807, 2.05) is 35.6 Å². The number of carbonyl (C=O) groups is 1. The molecule has 21 heavy (non-hydrogen) atoms. The van der Waals surface area contributed by atoms with Crippen molar-refractivity contribution in [1.82, 2.24) is 19.6 Å². The van der Waals surface area contributed by atoms with Crippen LogP contribution in [-0.2, 0) is 7.05 Å². The molecule has 0 aliphatic carbocycles. The molecule has 0 spiro atoms. The number of carbonyl (C=O) groups excluding carboxylic acids is 1. The van der Waals surface area contributed by atoms with E-state index in [-0.39, 0.29) is 11.8 Å². The number of rotatable bonds is 2. The Kier molecular flexibility index (Phi) is 3.53. The number of piperidine rings is 1. The lowest BCUT2D eigenvalue weighted by atomic mass is 9.97. The zero-order chi connectivity index (χ0) is 15.0. The fourth-order valence-corrected chi connectivity index (χ4v) is 2.84. The fraction of sp³-hybridized carbons (Fsp3) is 0.533. The smallest absolute Gasteiger partial charge is 0.270 e. The Morgan fingerprint density at radius 1 is 1.38 bits per heavy atom. The van der Waals surface area contributed by atoms with Gasteiger partial charge in [0, 0.05) is 38.7 Å². The van der Waals surface area contributed by atoms with Crippen molar-refractivity contribution in [1.29, 1.82) is 0 Å². The minimum atomic E-state index is 0.0792. The second-order valence-corrected chi connectivity index (χ2v) is 5.68. The minimum Gasteiger partial charge on any atom is -0.344 e. The summed E-state index contributed by atoms with van der Waals surface area (Å²) in [7, 11) is 1.92. The molecule has 1 unspecified atom stereocenters. The van der Waals surface area contributed by atoms with Crippen molar-refractivity contribution in [3.05, 3.63) is 35.2 Å². The third kappa shape index (κ3) is 2.57. The highest BCUT2D eigenvalue weighted by Gasteiger charge is 2.29. The van der Waals surface area contributed by atoms with Gasteiger partial charge in [0.1, 0.15) is 5.69 Å². The molecule has 0 aromatic carbocycles. The summed E-state index contributed by atoms with van der Waals surface area (Å²) in [4.78, 5) is 18.9. The molecule has 2 aromatic heterocycles. The molecule has 3 rings (SSSR count). The van der Waals surface area contributed by atoms with E-state index in [1.165, 1.54) is 0 Å². The van der Waals surface area contributed by atoms with Crippen LogP contribution in [0.1, 0.15) is 46.7 Å². The molecule has 6 heteroatoms. The van der Waals surface area contributed by atoms with Crippen LogP contribution in [0.15, 0.2) is 16.7 Å². The Morgan fingerprint density at radius 2 is 2.19 bits per heavy atom. The standard InChI is InChI=1S/C15H20N4O2/c1-10-6-7-13(18(10)3)15(20)19-8-4-5-12(9-19)14-16-11(2)21-17-14/h6-7,12H,4-5,8-9H2,1-3H3. The first kappa shape index (κ1) is 13.9. The summed E-state index contributed by atoms with van der Waals surface area (Å²) in [5, 5.41) is 4.00. The molecule has 1 aliphatic rings. The van der Waals surface area contributed by atoms with Gasteiger partial charge in [0.15, 0.2) is 5.82 Å². The van der Waals surface area contributed by atoms with Crippen LogP contribution in [0.4, 0.5) is 0 Å². The molecular formula is C15H20N4O2. The van der Waals surface area contributed by atoms with Gasteiger partial charge in [-0.05, 0) is 31.9 Å². The molecule has 112 valence electrons. The first-order valence-electron chi connectivity index (χ1n) is 7.28. The third-order valence-electron chi connectivity index (χ3n) is 4.21. The first-order valence-corrected chi connectivity index (χ1v) is 7.28. The average Bonchev–Trinajstić information content (AvgIpc) is 3.06. The predicted octanol–water partition coefficient (Wildman–Crippen LogP) is 2.04. The van der Waals surface area contributed by atoms with Gasteiger partial charge in [-0.25, -0.2) is 0 Å². The Hall–Kier alpha value is -2.11. The van der Waals surface area contributed by atoms with Crippen LogP contribution in [0.3, 0.4) is 0 Å². The number of nitrogens with zero attached hydrogens (tertiary/aromatic N) is 4. The lowest BCUT2D eigenvalue weighted by Gasteiger charge is -2.31. The Morgan fingerprint density at radius 3 is 2.81 bits per heavy atom. The van der Waals surface area contributed by atoms with Crippen molar-refractivity contribution >= 4 is 5.91 Å². The van der Waals surface area contributed by atoms with Crippen molar-refractivity contribution in [2.75, 3.05) is 13.1 Å². The maximum absolute atomic E-state index is 12.7. The number of likely N-dealkylation sites (tertiary alicyclic amines) is 1. The number of hydrogen-bond donors (Lipinski definition) is 0. The molecule has 6 nitrogen and oxygen atoms in total. The summed E-state index contributed by atoms with van der Waals surface area (Å²) < 4.78 is 6.99. The Bertz CT molecular complexity index is 658. The van der Waals surface area contributed by atoms with Gasteiger partial charge in [-0.1, -0.05) is 5.16 Å². The van der Waals surface area contributed by atoms with Crippen LogP contribution in [0.25, 0.3) is 0 Å². The maximum Gasteiger partial charge on any atom is 0.270 e. The topological polar surface area (TPSA) is 64.2 Å². The monoisotopic (exact) mass is 288 g/mol. The van der Waals surface area contributed by atoms with Gasteiger partial charge >= 0.3 is 0 Å². The van der Waals surface area contributed by atoms with Gasteiger partial charge < -0.3 is 14.0 Å². The van der Waals surface area contributed by atoms with Crippen LogP contribution in [0.5, 0.6) is 0 Å². The average molecular weight is 288 g/mol. The predicted molar refractivity (Wildman–Crippen MR) is 77.1 cm³/mol. The highest BCUT2D eigenvalue weighted by molar-refractivity contribution is 5.93. The quantitative estimate of drug-likeness (QED) is 0.848. The maximum atomic E-state index is 12.7. The molecule has 1 fully saturated rings. The third-order valence-corrected chi connectivity index (χ3v) is 4.21. The molecule has 1 amide bonds. The van der Waals surface area contributed by atoms with Gasteiger partial charge in [-0.3, -0.25) is 4.79 Å². The van der Waals surface area contributed by atoms with E-state index in [0.29, 0.717) is 18.3 Å². The normalized spacial score (nSPS) is 19.0. The van der Waals surface area contributed by atoms with Crippen LogP contribution in [-0.4, -0.2) is 38.6 Å². The lowest BCUT2D eigenvalue weighted by Crippen LogP contribution is -2.40. The lowest BCUT2D eigenvalue weighted by molar-refractivity contribution is 0.0693. The highest BCUT2D eigenvalue weighted by Crippen LogP contribution is 2.26. The molecule has 0 saturated carbocycles. The van der Waals surface area contributed by atoms with Crippen molar-refractivity contribution in [3.8, 4) is 0 Å². The second kappa shape index (κ2) is 5.35. The molecule has 1 aliphatic heterocycles. The van der Waals surface area contributed by atoms with Crippen molar-refractivity contribution in [2.45, 2.75) is 32.6 Å². The van der Waals surface area contributed by atoms with E-state index in [9.17, 15) is 4.79 Å². The summed E-state index contributed by atoms with van der Waals surface area (Å²) in [5.74, 6) is 1.54. The van der Waals surface area contributed by atoms with Gasteiger partial charge in [0.25, 0.3) is 5.91 Å². The van der Waals surface area contributed by atoms with Crippen molar-refractivity contribution < 1.29 is 9.32 Å². The summed E-state index contributed by atoms with van der Waals surface area (Å²) in [6.45, 7) is 5.23. The summed E-state index contributed by atoms with van der Waals surface area (Å²) >= 11 is 0. The van der Waals surface area contributed by atoms with E-state index < -0.39 is 0 Å². The van der Waals surface area contributed by atoms with Gasteiger partial charge in [0.2, 0.25) is 5.89 Å². The second-order valence-electron chi connectivity index (χ2n) is 5.68. The molecule has 1 saturated heterocycles. The molecule has 1 atom stereocenters. The minimum absolute atomic E-state index is 0.0792. The van der Waals surface area contributed by atoms with Crippen molar-refractivity contribution in [2.24, 2.45) is 7.05 Å². The Balaban J connectivity index is 1.77. The first-order chi connectivity index (χ1) is 10.1. The van der Waals surface area contributed by atoms with Crippen LogP contribution >= 0.6 is 0 Å². The molecule has 3 heterocycles. The number of aromatic nitrogens is 3. The molecular weight excluding hydrogens is 268 g/mol. The zero-order valence-corrected chi connectivity index (χ0v) is 12.7. The summed E-state index contributed by atoms with van der Waals surface area (Å²) in [6, 6.07) is 3.86. The van der Waals surface area contributed by atoms with Crippen LogP contribution in [0.2, 0.25) is 0 Å². The van der Waals surface area contributed by atoms with Crippen LogP contribution < -0.4 is 0 Å². The Labute approximate surface area is 123 Å². The largest absolute Gasteiger partial charge is 0.344 e. The van der Waals surface area contributed by atoms with Crippen molar-refractivity contribution in [3.63, 3.8) is 0 Å². The van der Waals surface area contributed by atoms with E-state index in [0.717, 1.165) is 30.8 Å². The highest BCUT2D eigenvalue weighted by atomic mass is 16.5.